The summed E-state index contributed by atoms with van der Waals surface area (Å²) in [4.78, 5) is 25.8. The molecule has 7 nitrogen and oxygen atoms in total. The summed E-state index contributed by atoms with van der Waals surface area (Å²) >= 11 is 0. The summed E-state index contributed by atoms with van der Waals surface area (Å²) in [6, 6.07) is 12.4. The molecule has 34 heavy (non-hydrogen) atoms. The van der Waals surface area contributed by atoms with Crippen LogP contribution in [0.2, 0.25) is 0 Å². The zero-order valence-corrected chi connectivity index (χ0v) is 20.7. The maximum atomic E-state index is 13.2. The van der Waals surface area contributed by atoms with Crippen LogP contribution in [-0.4, -0.2) is 43.7 Å². The van der Waals surface area contributed by atoms with Crippen molar-refractivity contribution in [1.29, 1.82) is 0 Å². The minimum absolute atomic E-state index is 0.0161. The number of para-hydroxylation sites is 1. The molecular weight excluding hydrogens is 450 g/mol. The van der Waals surface area contributed by atoms with Gasteiger partial charge in [-0.25, -0.2) is 8.42 Å². The van der Waals surface area contributed by atoms with Crippen molar-refractivity contribution in [1.82, 2.24) is 9.62 Å². The second-order valence-corrected chi connectivity index (χ2v) is 11.4. The third-order valence-electron chi connectivity index (χ3n) is 6.63. The molecule has 0 spiro atoms. The van der Waals surface area contributed by atoms with E-state index in [1.807, 2.05) is 26.0 Å². The van der Waals surface area contributed by atoms with Crippen LogP contribution < -0.4 is 10.6 Å². The van der Waals surface area contributed by atoms with E-state index in [0.29, 0.717) is 42.1 Å². The summed E-state index contributed by atoms with van der Waals surface area (Å²) in [5.41, 5.74) is 3.27. The van der Waals surface area contributed by atoms with Crippen LogP contribution in [0.25, 0.3) is 0 Å². The third-order valence-corrected chi connectivity index (χ3v) is 8.53. The van der Waals surface area contributed by atoms with E-state index in [2.05, 4.69) is 10.6 Å². The number of hydrogen-bond donors (Lipinski definition) is 2. The van der Waals surface area contributed by atoms with Gasteiger partial charge in [-0.3, -0.25) is 9.59 Å². The molecule has 1 aliphatic carbocycles. The van der Waals surface area contributed by atoms with Gasteiger partial charge in [0, 0.05) is 25.0 Å². The number of fused-ring (bicyclic) bond motifs is 1. The molecule has 1 saturated heterocycles. The van der Waals surface area contributed by atoms with Crippen LogP contribution in [0.1, 0.15) is 61.0 Å². The first-order valence-corrected chi connectivity index (χ1v) is 13.5. The van der Waals surface area contributed by atoms with Crippen LogP contribution in [0.15, 0.2) is 47.4 Å². The summed E-state index contributed by atoms with van der Waals surface area (Å²) in [6.07, 6.45) is 5.07. The molecule has 0 atom stereocenters. The van der Waals surface area contributed by atoms with Gasteiger partial charge in [0.05, 0.1) is 16.1 Å². The van der Waals surface area contributed by atoms with Crippen molar-refractivity contribution < 1.29 is 18.0 Å². The van der Waals surface area contributed by atoms with E-state index in [1.54, 1.807) is 30.3 Å². The van der Waals surface area contributed by atoms with Crippen molar-refractivity contribution in [3.05, 3.63) is 59.2 Å². The van der Waals surface area contributed by atoms with Gasteiger partial charge >= 0.3 is 0 Å². The van der Waals surface area contributed by atoms with Crippen LogP contribution in [0.3, 0.4) is 0 Å². The lowest BCUT2D eigenvalue weighted by atomic mass is 9.92. The van der Waals surface area contributed by atoms with E-state index >= 15 is 0 Å². The Morgan fingerprint density at radius 2 is 1.65 bits per heavy atom. The molecule has 2 aliphatic rings. The van der Waals surface area contributed by atoms with Gasteiger partial charge in [0.2, 0.25) is 15.9 Å². The predicted octanol–water partition coefficient (Wildman–Crippen LogP) is 3.74. The standard InChI is InChI=1S/C26H33N3O4S/c1-18(2)27-26(31)23-9-5-6-10-24(23)28-25(30)20-13-15-29(16-14-20)34(32,33)22-12-11-19-7-3-4-8-21(19)17-22/h5-6,9-12,17-18,20H,3-4,7-8,13-16H2,1-2H3,(H,27,31)(H,28,30). The molecule has 0 saturated carbocycles. The van der Waals surface area contributed by atoms with E-state index < -0.39 is 10.0 Å². The van der Waals surface area contributed by atoms with Crippen LogP contribution in [0, 0.1) is 5.92 Å². The molecule has 0 bridgehead atoms. The van der Waals surface area contributed by atoms with E-state index in [-0.39, 0.29) is 23.8 Å². The van der Waals surface area contributed by atoms with Crippen LogP contribution in [0.4, 0.5) is 5.69 Å². The normalized spacial score (nSPS) is 17.3. The highest BCUT2D eigenvalue weighted by Gasteiger charge is 2.33. The van der Waals surface area contributed by atoms with Crippen LogP contribution >= 0.6 is 0 Å². The number of carbonyl (C=O) groups excluding carboxylic acids is 2. The first kappa shape index (κ1) is 24.4. The zero-order chi connectivity index (χ0) is 24.3. The fraction of sp³-hybridized carbons (Fsp3) is 0.462. The molecule has 1 fully saturated rings. The van der Waals surface area contributed by atoms with Crippen molar-refractivity contribution in [3.8, 4) is 0 Å². The Morgan fingerprint density at radius 1 is 0.971 bits per heavy atom. The second-order valence-electron chi connectivity index (χ2n) is 9.48. The van der Waals surface area contributed by atoms with Crippen molar-refractivity contribution in [2.75, 3.05) is 18.4 Å². The van der Waals surface area contributed by atoms with E-state index in [9.17, 15) is 18.0 Å². The molecule has 2 aromatic carbocycles. The Hall–Kier alpha value is -2.71. The molecule has 0 unspecified atom stereocenters. The number of aryl methyl sites for hydroxylation is 2. The molecule has 4 rings (SSSR count). The number of benzene rings is 2. The van der Waals surface area contributed by atoms with Crippen molar-refractivity contribution in [2.45, 2.75) is 63.3 Å². The minimum atomic E-state index is -3.58. The molecule has 1 aliphatic heterocycles. The number of carbonyl (C=O) groups is 2. The van der Waals surface area contributed by atoms with Gasteiger partial charge < -0.3 is 10.6 Å². The Bertz CT molecular complexity index is 1170. The van der Waals surface area contributed by atoms with Gasteiger partial charge in [0.1, 0.15) is 0 Å². The number of rotatable bonds is 6. The number of sulfonamides is 1. The summed E-state index contributed by atoms with van der Waals surface area (Å²) in [5.74, 6) is -0.733. The number of anilines is 1. The lowest BCUT2D eigenvalue weighted by molar-refractivity contribution is -0.120. The first-order valence-electron chi connectivity index (χ1n) is 12.1. The maximum absolute atomic E-state index is 13.2. The largest absolute Gasteiger partial charge is 0.350 e. The molecule has 0 aromatic heterocycles. The topological polar surface area (TPSA) is 95.6 Å². The van der Waals surface area contributed by atoms with E-state index in [0.717, 1.165) is 31.2 Å². The SMILES string of the molecule is CC(C)NC(=O)c1ccccc1NC(=O)C1CCN(S(=O)(=O)c2ccc3c(c2)CCCC3)CC1. The second kappa shape index (κ2) is 10.3. The molecule has 2 N–H and O–H groups in total. The molecule has 2 amide bonds. The summed E-state index contributed by atoms with van der Waals surface area (Å²) < 4.78 is 27.9. The van der Waals surface area contributed by atoms with Crippen molar-refractivity contribution in [3.63, 3.8) is 0 Å². The summed E-state index contributed by atoms with van der Waals surface area (Å²) in [6.45, 7) is 4.36. The minimum Gasteiger partial charge on any atom is -0.350 e. The van der Waals surface area contributed by atoms with E-state index in [1.165, 1.54) is 9.87 Å². The predicted molar refractivity (Wildman–Crippen MR) is 132 cm³/mol. The van der Waals surface area contributed by atoms with Gasteiger partial charge in [-0.15, -0.1) is 0 Å². The molecule has 182 valence electrons. The highest BCUT2D eigenvalue weighted by molar-refractivity contribution is 7.89. The number of hydrogen-bond acceptors (Lipinski definition) is 4. The number of nitrogens with one attached hydrogen (secondary N) is 2. The quantitative estimate of drug-likeness (QED) is 0.654. The monoisotopic (exact) mass is 483 g/mol. The maximum Gasteiger partial charge on any atom is 0.253 e. The smallest absolute Gasteiger partial charge is 0.253 e. The number of nitrogens with zero attached hydrogens (tertiary/aromatic N) is 1. The highest BCUT2D eigenvalue weighted by Crippen LogP contribution is 2.29. The van der Waals surface area contributed by atoms with Gasteiger partial charge in [-0.05, 0) is 87.8 Å². The summed E-state index contributed by atoms with van der Waals surface area (Å²) in [7, 11) is -3.58. The molecule has 1 heterocycles. The summed E-state index contributed by atoms with van der Waals surface area (Å²) in [5, 5.41) is 5.73. The van der Waals surface area contributed by atoms with Crippen LogP contribution in [0.5, 0.6) is 0 Å². The van der Waals surface area contributed by atoms with Crippen molar-refractivity contribution >= 4 is 27.5 Å². The lowest BCUT2D eigenvalue weighted by Crippen LogP contribution is -2.41. The number of piperidine rings is 1. The highest BCUT2D eigenvalue weighted by atomic mass is 32.2. The van der Waals surface area contributed by atoms with E-state index in [4.69, 9.17) is 0 Å². The number of amides is 2. The van der Waals surface area contributed by atoms with Gasteiger partial charge in [0.15, 0.2) is 0 Å². The Labute approximate surface area is 202 Å². The lowest BCUT2D eigenvalue weighted by Gasteiger charge is -2.31. The molecule has 2 aromatic rings. The fourth-order valence-electron chi connectivity index (χ4n) is 4.74. The zero-order valence-electron chi connectivity index (χ0n) is 19.8. The molecule has 0 radical (unpaired) electrons. The Kier molecular flexibility index (Phi) is 7.38. The van der Waals surface area contributed by atoms with Crippen molar-refractivity contribution in [2.24, 2.45) is 5.92 Å². The third kappa shape index (κ3) is 5.33. The van der Waals surface area contributed by atoms with Crippen LogP contribution in [-0.2, 0) is 27.7 Å². The average molecular weight is 484 g/mol. The Morgan fingerprint density at radius 3 is 2.35 bits per heavy atom. The average Bonchev–Trinajstić information content (AvgIpc) is 2.83. The van der Waals surface area contributed by atoms with Gasteiger partial charge in [-0.1, -0.05) is 18.2 Å². The molecule has 8 heteroatoms. The van der Waals surface area contributed by atoms with Gasteiger partial charge in [-0.2, -0.15) is 4.31 Å². The van der Waals surface area contributed by atoms with Gasteiger partial charge in [0.25, 0.3) is 5.91 Å². The Balaban J connectivity index is 1.39. The first-order chi connectivity index (χ1) is 16.3. The molecular formula is C26H33N3O4S. The fourth-order valence-corrected chi connectivity index (χ4v) is 6.26.